The maximum absolute atomic E-state index is 13.9. The highest BCUT2D eigenvalue weighted by atomic mass is 32.2. The van der Waals surface area contributed by atoms with Crippen LogP contribution in [-0.4, -0.2) is 36.3 Å². The topological polar surface area (TPSA) is 97.9 Å². The smallest absolute Gasteiger partial charge is 0.305 e. The number of thioether (sulfide) groups is 1. The number of H-pyrrole nitrogens is 1. The molecule has 0 bridgehead atoms. The first-order valence-electron chi connectivity index (χ1n) is 12.7. The van der Waals surface area contributed by atoms with Crippen LogP contribution in [0, 0.1) is 12.8 Å². The molecule has 8 nitrogen and oxygen atoms in total. The zero-order valence-electron chi connectivity index (χ0n) is 22.0. The van der Waals surface area contributed by atoms with E-state index in [1.54, 1.807) is 38.5 Å². The summed E-state index contributed by atoms with van der Waals surface area (Å²) >= 11 is 2.32. The number of amides is 2. The molecule has 0 aliphatic carbocycles. The van der Waals surface area contributed by atoms with Gasteiger partial charge in [-0.2, -0.15) is 0 Å². The van der Waals surface area contributed by atoms with Gasteiger partial charge in [0.25, 0.3) is 0 Å². The van der Waals surface area contributed by atoms with Crippen LogP contribution in [0.1, 0.15) is 27.5 Å². The van der Waals surface area contributed by atoms with E-state index in [4.69, 9.17) is 14.2 Å². The number of ether oxygens (including phenoxy) is 3. The number of fused-ring (bicyclic) bond motifs is 2. The number of aryl methyl sites for hydroxylation is 1. The van der Waals surface area contributed by atoms with Crippen molar-refractivity contribution in [3.63, 3.8) is 0 Å². The van der Waals surface area contributed by atoms with Crippen LogP contribution in [0.3, 0.4) is 0 Å². The number of carbonyl (C=O) groups is 2. The summed E-state index contributed by atoms with van der Waals surface area (Å²) in [5, 5.41) is -0.0571. The third-order valence-electron chi connectivity index (χ3n) is 7.18. The van der Waals surface area contributed by atoms with Crippen LogP contribution in [0.15, 0.2) is 76.6 Å². The second kappa shape index (κ2) is 10.5. The molecule has 2 aliphatic heterocycles. The molecular weight excluding hydrogens is 548 g/mol. The standard InChI is InChI=1S/C30H26N2O6S2/c1-16-5-4-6-17(13-16)15-38-21-12-7-18(14-22(21)37-3)23-24-26(39-27-25(23)40-30(35)31-27)29(34)32(28(24)33)19-8-10-20(36-2)11-9-19/h4-14,23-24,26H,15H2,1-3H3,(H,31,35)/t23-,24-,26+/m0/s1. The van der Waals surface area contributed by atoms with E-state index in [9.17, 15) is 14.4 Å². The van der Waals surface area contributed by atoms with Gasteiger partial charge in [-0.05, 0) is 54.4 Å². The van der Waals surface area contributed by atoms with Crippen LogP contribution in [0.5, 0.6) is 17.2 Å². The number of anilines is 1. The van der Waals surface area contributed by atoms with Crippen molar-refractivity contribution < 1.29 is 23.8 Å². The lowest BCUT2D eigenvalue weighted by Crippen LogP contribution is -2.32. The first-order valence-corrected chi connectivity index (χ1v) is 14.4. The third kappa shape index (κ3) is 4.56. The number of aromatic nitrogens is 1. The largest absolute Gasteiger partial charge is 0.497 e. The van der Waals surface area contributed by atoms with E-state index >= 15 is 0 Å². The number of thiazole rings is 1. The van der Waals surface area contributed by atoms with Crippen molar-refractivity contribution in [1.29, 1.82) is 0 Å². The van der Waals surface area contributed by atoms with Gasteiger partial charge in [-0.25, -0.2) is 4.90 Å². The minimum absolute atomic E-state index is 0.223. The highest BCUT2D eigenvalue weighted by Crippen LogP contribution is 2.53. The Bertz CT molecular complexity index is 1660. The first kappa shape index (κ1) is 26.2. The summed E-state index contributed by atoms with van der Waals surface area (Å²) in [6, 6.07) is 20.5. The van der Waals surface area contributed by atoms with Crippen molar-refractivity contribution in [3.05, 3.63) is 98.0 Å². The Morgan fingerprint density at radius 3 is 2.42 bits per heavy atom. The van der Waals surface area contributed by atoms with E-state index in [0.29, 0.717) is 34.6 Å². The first-order chi connectivity index (χ1) is 19.4. The summed E-state index contributed by atoms with van der Waals surface area (Å²) in [6.45, 7) is 2.40. The predicted octanol–water partition coefficient (Wildman–Crippen LogP) is 5.14. The molecule has 0 unspecified atom stereocenters. The quantitative estimate of drug-likeness (QED) is 0.306. The number of rotatable bonds is 7. The number of benzene rings is 3. The lowest BCUT2D eigenvalue weighted by molar-refractivity contribution is -0.122. The van der Waals surface area contributed by atoms with Gasteiger partial charge in [-0.1, -0.05) is 59.0 Å². The minimum Gasteiger partial charge on any atom is -0.497 e. The lowest BCUT2D eigenvalue weighted by atomic mass is 9.83. The van der Waals surface area contributed by atoms with Crippen molar-refractivity contribution in [3.8, 4) is 17.2 Å². The van der Waals surface area contributed by atoms with Crippen LogP contribution in [0.25, 0.3) is 0 Å². The van der Waals surface area contributed by atoms with Gasteiger partial charge in [-0.3, -0.25) is 14.4 Å². The number of carbonyl (C=O) groups excluding carboxylic acids is 2. The number of hydrogen-bond donors (Lipinski definition) is 1. The van der Waals surface area contributed by atoms with Gasteiger partial charge in [0.05, 0.1) is 30.9 Å². The highest BCUT2D eigenvalue weighted by Gasteiger charge is 2.56. The zero-order valence-corrected chi connectivity index (χ0v) is 23.6. The van der Waals surface area contributed by atoms with Crippen molar-refractivity contribution in [2.45, 2.75) is 29.7 Å². The van der Waals surface area contributed by atoms with E-state index in [1.165, 1.54) is 16.7 Å². The van der Waals surface area contributed by atoms with Gasteiger partial charge >= 0.3 is 4.87 Å². The van der Waals surface area contributed by atoms with Gasteiger partial charge in [-0.15, -0.1) is 0 Å². The molecule has 3 heterocycles. The average molecular weight is 575 g/mol. The van der Waals surface area contributed by atoms with E-state index < -0.39 is 17.1 Å². The minimum atomic E-state index is -0.692. The molecule has 204 valence electrons. The molecule has 0 spiro atoms. The summed E-state index contributed by atoms with van der Waals surface area (Å²) in [4.78, 5) is 44.6. The van der Waals surface area contributed by atoms with Crippen LogP contribution in [0.4, 0.5) is 5.69 Å². The Labute approximate surface area is 238 Å². The molecule has 2 aliphatic rings. The number of imide groups is 1. The fourth-order valence-corrected chi connectivity index (χ4v) is 7.84. The maximum Gasteiger partial charge on any atom is 0.305 e. The Kier molecular flexibility index (Phi) is 6.89. The molecule has 40 heavy (non-hydrogen) atoms. The molecule has 0 saturated carbocycles. The Morgan fingerprint density at radius 1 is 0.900 bits per heavy atom. The molecule has 4 aromatic rings. The molecule has 1 saturated heterocycles. The zero-order chi connectivity index (χ0) is 28.0. The average Bonchev–Trinajstić information content (AvgIpc) is 3.46. The molecule has 10 heteroatoms. The van der Waals surface area contributed by atoms with E-state index in [-0.39, 0.29) is 16.7 Å². The number of aromatic amines is 1. The van der Waals surface area contributed by atoms with E-state index in [1.807, 2.05) is 43.3 Å². The lowest BCUT2D eigenvalue weighted by Gasteiger charge is -2.30. The third-order valence-corrected chi connectivity index (χ3v) is 9.58. The Hall–Kier alpha value is -4.02. The normalized spacial score (nSPS) is 19.8. The van der Waals surface area contributed by atoms with Crippen LogP contribution in [-0.2, 0) is 16.2 Å². The molecule has 1 aromatic heterocycles. The molecule has 6 rings (SSSR count). The summed E-state index contributed by atoms with van der Waals surface area (Å²) in [7, 11) is 3.12. The predicted molar refractivity (Wildman–Crippen MR) is 154 cm³/mol. The van der Waals surface area contributed by atoms with Crippen LogP contribution >= 0.6 is 23.1 Å². The second-order valence-electron chi connectivity index (χ2n) is 9.65. The molecule has 0 radical (unpaired) electrons. The van der Waals surface area contributed by atoms with Crippen molar-refractivity contribution in [2.24, 2.45) is 5.92 Å². The molecular formula is C30H26N2O6S2. The van der Waals surface area contributed by atoms with E-state index in [0.717, 1.165) is 32.9 Å². The number of hydrogen-bond acceptors (Lipinski definition) is 8. The highest BCUT2D eigenvalue weighted by molar-refractivity contribution is 8.00. The Balaban J connectivity index is 1.36. The molecule has 2 amide bonds. The number of methoxy groups -OCH3 is 2. The fraction of sp³-hybridized carbons (Fsp3) is 0.233. The molecule has 1 fully saturated rings. The van der Waals surface area contributed by atoms with Crippen LogP contribution in [0.2, 0.25) is 0 Å². The summed E-state index contributed by atoms with van der Waals surface area (Å²) < 4.78 is 17.0. The SMILES string of the molecule is COc1ccc(N2C(=O)[C@H]3[C@H](c4ccc(OCc5cccc(C)c5)c(OC)c4)c4sc(=O)[nH]c4S[C@H]3C2=O)cc1. The van der Waals surface area contributed by atoms with Crippen LogP contribution < -0.4 is 24.0 Å². The summed E-state index contributed by atoms with van der Waals surface area (Å²) in [5.74, 6) is -0.115. The summed E-state index contributed by atoms with van der Waals surface area (Å²) in [5.41, 5.74) is 3.44. The number of nitrogens with one attached hydrogen (secondary N) is 1. The molecule has 1 N–H and O–H groups in total. The van der Waals surface area contributed by atoms with Crippen molar-refractivity contribution >= 4 is 40.6 Å². The molecule has 3 aromatic carbocycles. The molecule has 3 atom stereocenters. The van der Waals surface area contributed by atoms with Crippen molar-refractivity contribution in [1.82, 2.24) is 4.98 Å². The maximum atomic E-state index is 13.9. The van der Waals surface area contributed by atoms with Gasteiger partial charge in [0.2, 0.25) is 11.8 Å². The van der Waals surface area contributed by atoms with Gasteiger partial charge in [0, 0.05) is 10.8 Å². The monoisotopic (exact) mass is 574 g/mol. The van der Waals surface area contributed by atoms with Gasteiger partial charge in [0.15, 0.2) is 11.5 Å². The van der Waals surface area contributed by atoms with E-state index in [2.05, 4.69) is 11.1 Å². The van der Waals surface area contributed by atoms with Crippen molar-refractivity contribution in [2.75, 3.05) is 19.1 Å². The van der Waals surface area contributed by atoms with Gasteiger partial charge < -0.3 is 19.2 Å². The summed E-state index contributed by atoms with van der Waals surface area (Å²) in [6.07, 6.45) is 0. The Morgan fingerprint density at radius 2 is 1.70 bits per heavy atom. The number of nitrogens with zero attached hydrogens (tertiary/aromatic N) is 1. The fourth-order valence-electron chi connectivity index (χ4n) is 5.32. The second-order valence-corrected chi connectivity index (χ2v) is 11.8. The van der Waals surface area contributed by atoms with Gasteiger partial charge in [0.1, 0.15) is 17.6 Å².